The lowest BCUT2D eigenvalue weighted by Gasteiger charge is -2.24. The largest absolute Gasteiger partial charge is 0.479 e. The lowest BCUT2D eigenvalue weighted by Crippen LogP contribution is -2.50. The minimum atomic E-state index is -1.93. The van der Waals surface area contributed by atoms with E-state index in [0.717, 1.165) is 19.8 Å². The van der Waals surface area contributed by atoms with Crippen molar-refractivity contribution in [3.63, 3.8) is 0 Å². The molecule has 0 aliphatic carbocycles. The molecule has 0 aliphatic heterocycles. The number of urea groups is 1. The molecule has 1 atom stereocenters. The minimum absolute atomic E-state index is 0.301. The van der Waals surface area contributed by atoms with Crippen LogP contribution in [-0.4, -0.2) is 52.3 Å². The van der Waals surface area contributed by atoms with Gasteiger partial charge in [-0.25, -0.2) is 9.59 Å². The number of hydrogen-bond acceptors (Lipinski definition) is 3. The second-order valence-electron chi connectivity index (χ2n) is 4.22. The number of aliphatic carboxylic acids is 1. The van der Waals surface area contributed by atoms with Gasteiger partial charge in [-0.1, -0.05) is 13.8 Å². The maximum atomic E-state index is 11.7. The van der Waals surface area contributed by atoms with E-state index in [4.69, 9.17) is 5.11 Å². The van der Waals surface area contributed by atoms with Crippen LogP contribution in [0, 0.1) is 0 Å². The predicted octanol–water partition coefficient (Wildman–Crippen LogP) is 0.654. The third-order valence-corrected chi connectivity index (χ3v) is 2.32. The summed E-state index contributed by atoms with van der Waals surface area (Å²) in [5, 5.41) is 20.6. The maximum absolute atomic E-state index is 11.7. The molecule has 0 aromatic carbocycles. The Morgan fingerprint density at radius 3 is 2.06 bits per heavy atom. The summed E-state index contributed by atoms with van der Waals surface area (Å²) in [6.45, 7) is 6.02. The number of amides is 2. The number of carbonyl (C=O) groups excluding carboxylic acids is 1. The zero-order valence-corrected chi connectivity index (χ0v) is 10.7. The summed E-state index contributed by atoms with van der Waals surface area (Å²) in [4.78, 5) is 24.0. The van der Waals surface area contributed by atoms with Crippen molar-refractivity contribution in [3.8, 4) is 0 Å². The van der Waals surface area contributed by atoms with E-state index in [1.807, 2.05) is 13.8 Å². The Bertz CT molecular complexity index is 260. The van der Waals surface area contributed by atoms with Gasteiger partial charge in [-0.3, -0.25) is 0 Å². The highest BCUT2D eigenvalue weighted by Crippen LogP contribution is 2.02. The van der Waals surface area contributed by atoms with Crippen LogP contribution in [0.5, 0.6) is 0 Å². The summed E-state index contributed by atoms with van der Waals surface area (Å²) >= 11 is 0. The topological polar surface area (TPSA) is 89.9 Å². The standard InChI is InChI=1S/C11H22N2O4/c1-4-6-13(7-5-2)10(16)12-8-11(3,17)9(14)15/h17H,4-8H2,1-3H3,(H,12,16)(H,14,15). The summed E-state index contributed by atoms with van der Waals surface area (Å²) in [7, 11) is 0. The Balaban J connectivity index is 4.27. The van der Waals surface area contributed by atoms with E-state index >= 15 is 0 Å². The van der Waals surface area contributed by atoms with Crippen LogP contribution >= 0.6 is 0 Å². The fraction of sp³-hybridized carbons (Fsp3) is 0.818. The Morgan fingerprint density at radius 1 is 1.24 bits per heavy atom. The summed E-state index contributed by atoms with van der Waals surface area (Å²) < 4.78 is 0. The Morgan fingerprint density at radius 2 is 1.71 bits per heavy atom. The lowest BCUT2D eigenvalue weighted by molar-refractivity contribution is -0.155. The fourth-order valence-corrected chi connectivity index (χ4v) is 1.29. The second-order valence-corrected chi connectivity index (χ2v) is 4.22. The summed E-state index contributed by atoms with van der Waals surface area (Å²) in [5.41, 5.74) is -1.93. The number of carbonyl (C=O) groups is 2. The average Bonchev–Trinajstić information content (AvgIpc) is 2.25. The van der Waals surface area contributed by atoms with Crippen LogP contribution < -0.4 is 5.32 Å². The monoisotopic (exact) mass is 246 g/mol. The molecule has 6 heteroatoms. The van der Waals surface area contributed by atoms with Gasteiger partial charge >= 0.3 is 12.0 Å². The summed E-state index contributed by atoms with van der Waals surface area (Å²) in [5.74, 6) is -1.35. The molecule has 0 bridgehead atoms. The van der Waals surface area contributed by atoms with Crippen molar-refractivity contribution >= 4 is 12.0 Å². The van der Waals surface area contributed by atoms with Crippen molar-refractivity contribution < 1.29 is 19.8 Å². The number of carboxylic acids is 1. The first kappa shape index (κ1) is 15.7. The van der Waals surface area contributed by atoms with Crippen molar-refractivity contribution in [1.82, 2.24) is 10.2 Å². The zero-order chi connectivity index (χ0) is 13.5. The van der Waals surface area contributed by atoms with Gasteiger partial charge in [-0.05, 0) is 19.8 Å². The first-order valence-corrected chi connectivity index (χ1v) is 5.83. The Labute approximate surface area is 102 Å². The van der Waals surface area contributed by atoms with Gasteiger partial charge < -0.3 is 20.4 Å². The molecule has 1 unspecified atom stereocenters. The van der Waals surface area contributed by atoms with Gasteiger partial charge in [0.05, 0.1) is 6.54 Å². The van der Waals surface area contributed by atoms with Crippen LogP contribution in [-0.2, 0) is 4.79 Å². The van der Waals surface area contributed by atoms with E-state index in [1.165, 1.54) is 0 Å². The first-order valence-electron chi connectivity index (χ1n) is 5.83. The molecule has 0 aliphatic rings. The van der Waals surface area contributed by atoms with Gasteiger partial charge in [0.25, 0.3) is 0 Å². The first-order chi connectivity index (χ1) is 7.85. The van der Waals surface area contributed by atoms with Crippen molar-refractivity contribution in [2.24, 2.45) is 0 Å². The van der Waals surface area contributed by atoms with Crippen molar-refractivity contribution in [1.29, 1.82) is 0 Å². The smallest absolute Gasteiger partial charge is 0.337 e. The van der Waals surface area contributed by atoms with E-state index < -0.39 is 11.6 Å². The summed E-state index contributed by atoms with van der Waals surface area (Å²) in [6.07, 6.45) is 1.67. The van der Waals surface area contributed by atoms with Crippen LogP contribution in [0.2, 0.25) is 0 Å². The number of carboxylic acid groups (broad SMARTS) is 1. The quantitative estimate of drug-likeness (QED) is 0.615. The van der Waals surface area contributed by atoms with Crippen molar-refractivity contribution in [3.05, 3.63) is 0 Å². The molecule has 3 N–H and O–H groups in total. The van der Waals surface area contributed by atoms with Gasteiger partial charge in [0.1, 0.15) is 0 Å². The molecule has 0 fully saturated rings. The van der Waals surface area contributed by atoms with Crippen LogP contribution in [0.25, 0.3) is 0 Å². The molecule has 2 amide bonds. The van der Waals surface area contributed by atoms with Crippen molar-refractivity contribution in [2.75, 3.05) is 19.6 Å². The van der Waals surface area contributed by atoms with E-state index in [0.29, 0.717) is 13.1 Å². The molecule has 0 spiro atoms. The van der Waals surface area contributed by atoms with Crippen LogP contribution in [0.15, 0.2) is 0 Å². The maximum Gasteiger partial charge on any atom is 0.337 e. The van der Waals surface area contributed by atoms with E-state index in [2.05, 4.69) is 5.32 Å². The van der Waals surface area contributed by atoms with Gasteiger partial charge in [0.2, 0.25) is 0 Å². The molecular formula is C11H22N2O4. The number of rotatable bonds is 7. The number of hydrogen-bond donors (Lipinski definition) is 3. The number of aliphatic hydroxyl groups is 1. The highest BCUT2D eigenvalue weighted by Gasteiger charge is 2.30. The van der Waals surface area contributed by atoms with Gasteiger partial charge in [-0.15, -0.1) is 0 Å². The second kappa shape index (κ2) is 7.11. The molecule has 17 heavy (non-hydrogen) atoms. The Hall–Kier alpha value is -1.30. The van der Waals surface area contributed by atoms with Crippen LogP contribution in [0.4, 0.5) is 4.79 Å². The average molecular weight is 246 g/mol. The third kappa shape index (κ3) is 5.53. The van der Waals surface area contributed by atoms with Crippen molar-refractivity contribution in [2.45, 2.75) is 39.2 Å². The molecule has 100 valence electrons. The lowest BCUT2D eigenvalue weighted by atomic mass is 10.1. The fourth-order valence-electron chi connectivity index (χ4n) is 1.29. The predicted molar refractivity (Wildman–Crippen MR) is 63.8 cm³/mol. The van der Waals surface area contributed by atoms with Crippen LogP contribution in [0.3, 0.4) is 0 Å². The zero-order valence-electron chi connectivity index (χ0n) is 10.7. The molecule has 0 heterocycles. The molecular weight excluding hydrogens is 224 g/mol. The number of nitrogens with zero attached hydrogens (tertiary/aromatic N) is 1. The molecule has 6 nitrogen and oxygen atoms in total. The SMILES string of the molecule is CCCN(CCC)C(=O)NCC(C)(O)C(=O)O. The number of nitrogens with one attached hydrogen (secondary N) is 1. The normalized spacial score (nSPS) is 13.9. The van der Waals surface area contributed by atoms with Gasteiger partial charge in [0, 0.05) is 13.1 Å². The van der Waals surface area contributed by atoms with Gasteiger partial charge in [0.15, 0.2) is 5.60 Å². The molecule has 0 radical (unpaired) electrons. The highest BCUT2D eigenvalue weighted by molar-refractivity contribution is 5.79. The Kier molecular flexibility index (Phi) is 6.57. The molecule has 0 saturated carbocycles. The van der Waals surface area contributed by atoms with E-state index in [-0.39, 0.29) is 12.6 Å². The highest BCUT2D eigenvalue weighted by atomic mass is 16.4. The van der Waals surface area contributed by atoms with E-state index in [1.54, 1.807) is 4.90 Å². The summed E-state index contributed by atoms with van der Waals surface area (Å²) in [6, 6.07) is -0.338. The minimum Gasteiger partial charge on any atom is -0.479 e. The molecule has 0 aromatic heterocycles. The third-order valence-electron chi connectivity index (χ3n) is 2.32. The van der Waals surface area contributed by atoms with E-state index in [9.17, 15) is 14.7 Å². The molecule has 0 saturated heterocycles. The molecule has 0 aromatic rings. The van der Waals surface area contributed by atoms with Crippen LogP contribution in [0.1, 0.15) is 33.6 Å². The molecule has 0 rings (SSSR count). The van der Waals surface area contributed by atoms with Gasteiger partial charge in [-0.2, -0.15) is 0 Å².